The van der Waals surface area contributed by atoms with Gasteiger partial charge in [-0.1, -0.05) is 13.8 Å². The van der Waals surface area contributed by atoms with Gasteiger partial charge in [0.25, 0.3) is 0 Å². The van der Waals surface area contributed by atoms with Crippen molar-refractivity contribution in [2.75, 3.05) is 45.9 Å². The first-order valence-electron chi connectivity index (χ1n) is 7.14. The molecule has 1 rings (SSSR count). The third kappa shape index (κ3) is 7.02. The predicted octanol–water partition coefficient (Wildman–Crippen LogP) is 2.08. The van der Waals surface area contributed by atoms with Crippen LogP contribution < -0.4 is 0 Å². The lowest BCUT2D eigenvalue weighted by molar-refractivity contribution is 0.0443. The summed E-state index contributed by atoms with van der Waals surface area (Å²) < 4.78 is 5.60. The van der Waals surface area contributed by atoms with Crippen molar-refractivity contribution < 1.29 is 4.74 Å². The second-order valence-electron chi connectivity index (χ2n) is 5.79. The molecule has 0 unspecified atom stereocenters. The molecule has 17 heavy (non-hydrogen) atoms. The quantitative estimate of drug-likeness (QED) is 0.680. The molecule has 0 amide bonds. The minimum absolute atomic E-state index is 0.363. The van der Waals surface area contributed by atoms with Crippen molar-refractivity contribution in [3.8, 4) is 0 Å². The largest absolute Gasteiger partial charge is 0.377 e. The third-order valence-electron chi connectivity index (χ3n) is 3.35. The zero-order chi connectivity index (χ0) is 12.7. The fourth-order valence-electron chi connectivity index (χ4n) is 2.09. The summed E-state index contributed by atoms with van der Waals surface area (Å²) >= 11 is 0. The van der Waals surface area contributed by atoms with Gasteiger partial charge in [-0.15, -0.1) is 0 Å². The van der Waals surface area contributed by atoms with Crippen molar-refractivity contribution in [2.45, 2.75) is 40.2 Å². The molecule has 0 aliphatic carbocycles. The van der Waals surface area contributed by atoms with E-state index in [2.05, 4.69) is 37.5 Å². The van der Waals surface area contributed by atoms with Crippen molar-refractivity contribution in [2.24, 2.45) is 5.92 Å². The molecule has 0 aromatic carbocycles. The van der Waals surface area contributed by atoms with Crippen LogP contribution in [-0.2, 0) is 4.74 Å². The fraction of sp³-hybridized carbons (Fsp3) is 1.00. The molecule has 0 bridgehead atoms. The summed E-state index contributed by atoms with van der Waals surface area (Å²) in [6, 6.07) is 0. The van der Waals surface area contributed by atoms with E-state index in [-0.39, 0.29) is 0 Å². The Morgan fingerprint density at radius 3 is 1.88 bits per heavy atom. The average molecular weight is 242 g/mol. The zero-order valence-electron chi connectivity index (χ0n) is 12.1. The van der Waals surface area contributed by atoms with E-state index >= 15 is 0 Å². The van der Waals surface area contributed by atoms with E-state index in [0.29, 0.717) is 6.10 Å². The molecule has 1 aliphatic rings. The van der Waals surface area contributed by atoms with Crippen LogP contribution in [0.15, 0.2) is 0 Å². The van der Waals surface area contributed by atoms with Gasteiger partial charge < -0.3 is 9.64 Å². The number of nitrogens with zero attached hydrogens (tertiary/aromatic N) is 2. The normalized spacial score (nSPS) is 19.4. The minimum Gasteiger partial charge on any atom is -0.377 e. The van der Waals surface area contributed by atoms with Gasteiger partial charge in [0, 0.05) is 32.7 Å². The molecule has 0 aromatic rings. The molecule has 0 aromatic heterocycles. The summed E-state index contributed by atoms with van der Waals surface area (Å²) in [5, 5.41) is 0. The Kier molecular flexibility index (Phi) is 7.09. The maximum Gasteiger partial charge on any atom is 0.0596 e. The standard InChI is InChI=1S/C14H30N2O/c1-13(2)5-6-15-7-9-16(10-8-15)11-12-17-14(3)4/h13-14H,5-12H2,1-4H3. The van der Waals surface area contributed by atoms with Crippen molar-refractivity contribution in [1.29, 1.82) is 0 Å². The Morgan fingerprint density at radius 1 is 0.882 bits per heavy atom. The number of hydrogen-bond acceptors (Lipinski definition) is 3. The Bertz CT molecular complexity index is 187. The third-order valence-corrected chi connectivity index (χ3v) is 3.35. The second kappa shape index (κ2) is 8.06. The number of ether oxygens (including phenoxy) is 1. The molecule has 1 fully saturated rings. The first-order valence-corrected chi connectivity index (χ1v) is 7.14. The van der Waals surface area contributed by atoms with Gasteiger partial charge in [-0.05, 0) is 32.7 Å². The number of piperazine rings is 1. The maximum absolute atomic E-state index is 5.60. The van der Waals surface area contributed by atoms with E-state index in [1.54, 1.807) is 0 Å². The van der Waals surface area contributed by atoms with Crippen LogP contribution >= 0.6 is 0 Å². The molecular formula is C14H30N2O. The Hall–Kier alpha value is -0.120. The van der Waals surface area contributed by atoms with Gasteiger partial charge in [0.2, 0.25) is 0 Å². The van der Waals surface area contributed by atoms with Gasteiger partial charge in [-0.2, -0.15) is 0 Å². The highest BCUT2D eigenvalue weighted by molar-refractivity contribution is 4.72. The average Bonchev–Trinajstić information content (AvgIpc) is 2.27. The first kappa shape index (κ1) is 14.9. The highest BCUT2D eigenvalue weighted by atomic mass is 16.5. The summed E-state index contributed by atoms with van der Waals surface area (Å²) in [5.41, 5.74) is 0. The van der Waals surface area contributed by atoms with E-state index in [4.69, 9.17) is 4.74 Å². The summed E-state index contributed by atoms with van der Waals surface area (Å²) in [6.45, 7) is 16.9. The molecular weight excluding hydrogens is 212 g/mol. The van der Waals surface area contributed by atoms with Crippen molar-refractivity contribution >= 4 is 0 Å². The smallest absolute Gasteiger partial charge is 0.0596 e. The summed E-state index contributed by atoms with van der Waals surface area (Å²) in [7, 11) is 0. The van der Waals surface area contributed by atoms with Crippen molar-refractivity contribution in [3.05, 3.63) is 0 Å². The summed E-state index contributed by atoms with van der Waals surface area (Å²) in [6.07, 6.45) is 1.69. The molecule has 0 radical (unpaired) electrons. The minimum atomic E-state index is 0.363. The first-order chi connectivity index (χ1) is 8.08. The van der Waals surface area contributed by atoms with E-state index < -0.39 is 0 Å². The van der Waals surface area contributed by atoms with Gasteiger partial charge in [-0.3, -0.25) is 4.90 Å². The highest BCUT2D eigenvalue weighted by Gasteiger charge is 2.16. The Morgan fingerprint density at radius 2 is 1.41 bits per heavy atom. The molecule has 1 aliphatic heterocycles. The number of rotatable bonds is 7. The van der Waals surface area contributed by atoms with E-state index in [9.17, 15) is 0 Å². The molecule has 0 atom stereocenters. The molecule has 3 heteroatoms. The summed E-state index contributed by atoms with van der Waals surface area (Å²) in [4.78, 5) is 5.12. The van der Waals surface area contributed by atoms with Gasteiger partial charge >= 0.3 is 0 Å². The molecule has 0 saturated carbocycles. The topological polar surface area (TPSA) is 15.7 Å². The van der Waals surface area contributed by atoms with E-state index in [1.165, 1.54) is 39.1 Å². The molecule has 102 valence electrons. The molecule has 3 nitrogen and oxygen atoms in total. The van der Waals surface area contributed by atoms with Gasteiger partial charge in [0.1, 0.15) is 0 Å². The SMILES string of the molecule is CC(C)CCN1CCN(CCOC(C)C)CC1. The van der Waals surface area contributed by atoms with Crippen LogP contribution in [0, 0.1) is 5.92 Å². The monoisotopic (exact) mass is 242 g/mol. The second-order valence-corrected chi connectivity index (χ2v) is 5.79. The van der Waals surface area contributed by atoms with Gasteiger partial charge in [0.05, 0.1) is 12.7 Å². The fourth-order valence-corrected chi connectivity index (χ4v) is 2.09. The van der Waals surface area contributed by atoms with Crippen LogP contribution in [0.4, 0.5) is 0 Å². The maximum atomic E-state index is 5.60. The van der Waals surface area contributed by atoms with Crippen LogP contribution in [0.2, 0.25) is 0 Å². The molecule has 1 heterocycles. The zero-order valence-corrected chi connectivity index (χ0v) is 12.1. The highest BCUT2D eigenvalue weighted by Crippen LogP contribution is 2.06. The Balaban J connectivity index is 2.05. The molecule has 0 N–H and O–H groups in total. The van der Waals surface area contributed by atoms with Crippen LogP contribution in [0.3, 0.4) is 0 Å². The lowest BCUT2D eigenvalue weighted by Crippen LogP contribution is -2.47. The van der Waals surface area contributed by atoms with Crippen LogP contribution in [0.1, 0.15) is 34.1 Å². The lowest BCUT2D eigenvalue weighted by Gasteiger charge is -2.35. The predicted molar refractivity (Wildman–Crippen MR) is 73.4 cm³/mol. The molecule has 1 saturated heterocycles. The van der Waals surface area contributed by atoms with Gasteiger partial charge in [0.15, 0.2) is 0 Å². The van der Waals surface area contributed by atoms with E-state index in [0.717, 1.165) is 19.1 Å². The van der Waals surface area contributed by atoms with Gasteiger partial charge in [-0.25, -0.2) is 0 Å². The number of hydrogen-bond donors (Lipinski definition) is 0. The van der Waals surface area contributed by atoms with E-state index in [1.807, 2.05) is 0 Å². The van der Waals surface area contributed by atoms with Crippen molar-refractivity contribution in [1.82, 2.24) is 9.80 Å². The lowest BCUT2D eigenvalue weighted by atomic mass is 10.1. The molecule has 0 spiro atoms. The summed E-state index contributed by atoms with van der Waals surface area (Å²) in [5.74, 6) is 0.826. The van der Waals surface area contributed by atoms with Crippen LogP contribution in [0.5, 0.6) is 0 Å². The Labute approximate surface area is 107 Å². The van der Waals surface area contributed by atoms with Crippen LogP contribution in [-0.4, -0.2) is 61.8 Å². The van der Waals surface area contributed by atoms with Crippen LogP contribution in [0.25, 0.3) is 0 Å². The van der Waals surface area contributed by atoms with Crippen molar-refractivity contribution in [3.63, 3.8) is 0 Å².